The van der Waals surface area contributed by atoms with Crippen LogP contribution in [0.1, 0.15) is 33.5 Å². The molecule has 90 valence electrons. The van der Waals surface area contributed by atoms with E-state index in [1.165, 1.54) is 0 Å². The first-order valence-electron chi connectivity index (χ1n) is 6.06. The molecule has 1 heterocycles. The monoisotopic (exact) mass is 221 g/mol. The summed E-state index contributed by atoms with van der Waals surface area (Å²) in [6.07, 6.45) is 4.71. The second kappa shape index (κ2) is 3.59. The van der Waals surface area contributed by atoms with Crippen LogP contribution in [0.3, 0.4) is 0 Å². The summed E-state index contributed by atoms with van der Waals surface area (Å²) in [7, 11) is 2.05. The van der Waals surface area contributed by atoms with Crippen molar-refractivity contribution in [1.29, 1.82) is 0 Å². The van der Waals surface area contributed by atoms with Crippen LogP contribution in [0.4, 0.5) is 0 Å². The topological polar surface area (TPSA) is 40.7 Å². The standard InChI is InChI=1S/C13H23N3/c1-12(2)11(13(12,3)4)9(14-5)8-10-15-6-7-16-10/h6-7,9,11,14H,8H2,1-5H3,(H,15,16). The highest BCUT2D eigenvalue weighted by atomic mass is 15.0. The molecule has 1 aromatic heterocycles. The van der Waals surface area contributed by atoms with Gasteiger partial charge in [0.05, 0.1) is 0 Å². The van der Waals surface area contributed by atoms with E-state index >= 15 is 0 Å². The predicted octanol–water partition coefficient (Wildman–Crippen LogP) is 2.22. The first-order valence-corrected chi connectivity index (χ1v) is 6.06. The van der Waals surface area contributed by atoms with E-state index in [-0.39, 0.29) is 0 Å². The Morgan fingerprint density at radius 1 is 1.38 bits per heavy atom. The Morgan fingerprint density at radius 3 is 2.38 bits per heavy atom. The lowest BCUT2D eigenvalue weighted by molar-refractivity contribution is 0.415. The van der Waals surface area contributed by atoms with Gasteiger partial charge in [0, 0.05) is 24.9 Å². The van der Waals surface area contributed by atoms with Crippen LogP contribution >= 0.6 is 0 Å². The summed E-state index contributed by atoms with van der Waals surface area (Å²) in [6, 6.07) is 0.510. The van der Waals surface area contributed by atoms with E-state index < -0.39 is 0 Å². The third-order valence-corrected chi connectivity index (χ3v) is 4.87. The molecule has 3 nitrogen and oxygen atoms in total. The number of aromatic amines is 1. The van der Waals surface area contributed by atoms with Crippen molar-refractivity contribution in [2.24, 2.45) is 16.7 Å². The molecule has 2 N–H and O–H groups in total. The highest BCUT2D eigenvalue weighted by Crippen LogP contribution is 2.69. The number of rotatable bonds is 4. The Kier molecular flexibility index (Phi) is 2.61. The highest BCUT2D eigenvalue weighted by molar-refractivity contribution is 5.17. The fourth-order valence-electron chi connectivity index (χ4n) is 3.26. The molecule has 0 saturated heterocycles. The zero-order valence-electron chi connectivity index (χ0n) is 11.0. The van der Waals surface area contributed by atoms with Crippen molar-refractivity contribution in [2.75, 3.05) is 7.05 Å². The number of nitrogens with zero attached hydrogens (tertiary/aromatic N) is 1. The molecule has 0 aromatic carbocycles. The number of nitrogens with one attached hydrogen (secondary N) is 2. The van der Waals surface area contributed by atoms with E-state index in [0.29, 0.717) is 16.9 Å². The van der Waals surface area contributed by atoms with Gasteiger partial charge in [-0.15, -0.1) is 0 Å². The van der Waals surface area contributed by atoms with Crippen molar-refractivity contribution in [3.63, 3.8) is 0 Å². The molecule has 1 aliphatic carbocycles. The summed E-state index contributed by atoms with van der Waals surface area (Å²) in [5.41, 5.74) is 0.848. The molecular weight excluding hydrogens is 198 g/mol. The minimum absolute atomic E-state index is 0.424. The van der Waals surface area contributed by atoms with E-state index in [1.54, 1.807) is 0 Å². The molecule has 1 aliphatic rings. The van der Waals surface area contributed by atoms with Gasteiger partial charge in [-0.25, -0.2) is 4.98 Å². The number of hydrogen-bond donors (Lipinski definition) is 2. The Hall–Kier alpha value is -0.830. The fraction of sp³-hybridized carbons (Fsp3) is 0.769. The van der Waals surface area contributed by atoms with Crippen LogP contribution in [0.2, 0.25) is 0 Å². The predicted molar refractivity (Wildman–Crippen MR) is 66.2 cm³/mol. The number of H-pyrrole nitrogens is 1. The first kappa shape index (κ1) is 11.6. The summed E-state index contributed by atoms with van der Waals surface area (Å²) < 4.78 is 0. The minimum Gasteiger partial charge on any atom is -0.349 e. The lowest BCUT2D eigenvalue weighted by atomic mass is 10.0. The number of hydrogen-bond acceptors (Lipinski definition) is 2. The number of likely N-dealkylation sites (N-methyl/N-ethyl adjacent to an activating group) is 1. The van der Waals surface area contributed by atoms with Crippen molar-refractivity contribution in [2.45, 2.75) is 40.2 Å². The van der Waals surface area contributed by atoms with Gasteiger partial charge in [0.25, 0.3) is 0 Å². The van der Waals surface area contributed by atoms with Gasteiger partial charge in [-0.2, -0.15) is 0 Å². The van der Waals surface area contributed by atoms with Crippen LogP contribution in [0.15, 0.2) is 12.4 Å². The van der Waals surface area contributed by atoms with Crippen LogP contribution in [0, 0.1) is 16.7 Å². The van der Waals surface area contributed by atoms with Gasteiger partial charge < -0.3 is 10.3 Å². The lowest BCUT2D eigenvalue weighted by Crippen LogP contribution is -2.32. The highest BCUT2D eigenvalue weighted by Gasteiger charge is 2.66. The Labute approximate surface area is 98.1 Å². The summed E-state index contributed by atoms with van der Waals surface area (Å²) in [5, 5.41) is 3.45. The van der Waals surface area contributed by atoms with Gasteiger partial charge in [0.15, 0.2) is 0 Å². The van der Waals surface area contributed by atoms with Crippen LogP contribution in [0.25, 0.3) is 0 Å². The molecule has 0 amide bonds. The molecule has 16 heavy (non-hydrogen) atoms. The average molecular weight is 221 g/mol. The zero-order valence-corrected chi connectivity index (χ0v) is 11.0. The molecule has 0 radical (unpaired) electrons. The molecule has 1 saturated carbocycles. The van der Waals surface area contributed by atoms with Crippen molar-refractivity contribution in [3.05, 3.63) is 18.2 Å². The second-order valence-corrected chi connectivity index (χ2v) is 6.06. The van der Waals surface area contributed by atoms with Crippen LogP contribution in [-0.2, 0) is 6.42 Å². The van der Waals surface area contributed by atoms with Crippen LogP contribution in [-0.4, -0.2) is 23.1 Å². The van der Waals surface area contributed by atoms with Crippen LogP contribution < -0.4 is 5.32 Å². The maximum absolute atomic E-state index is 4.31. The SMILES string of the molecule is CNC(Cc1ncc[nH]1)C1C(C)(C)C1(C)C. The van der Waals surface area contributed by atoms with Gasteiger partial charge in [0.2, 0.25) is 0 Å². The molecule has 1 aromatic rings. The largest absolute Gasteiger partial charge is 0.349 e. The van der Waals surface area contributed by atoms with E-state index in [1.807, 2.05) is 12.4 Å². The van der Waals surface area contributed by atoms with E-state index in [9.17, 15) is 0 Å². The van der Waals surface area contributed by atoms with Gasteiger partial charge in [-0.3, -0.25) is 0 Å². The fourth-order valence-corrected chi connectivity index (χ4v) is 3.26. The van der Waals surface area contributed by atoms with Gasteiger partial charge in [-0.1, -0.05) is 27.7 Å². The molecule has 1 unspecified atom stereocenters. The molecule has 0 spiro atoms. The molecule has 1 fully saturated rings. The van der Waals surface area contributed by atoms with E-state index in [0.717, 1.165) is 18.2 Å². The molecule has 1 atom stereocenters. The zero-order chi connectivity index (χ0) is 12.0. The lowest BCUT2D eigenvalue weighted by Gasteiger charge is -2.17. The van der Waals surface area contributed by atoms with Crippen LogP contribution in [0.5, 0.6) is 0 Å². The second-order valence-electron chi connectivity index (χ2n) is 6.06. The van der Waals surface area contributed by atoms with E-state index in [4.69, 9.17) is 0 Å². The Balaban J connectivity index is 2.08. The Bertz CT molecular complexity index is 337. The molecule has 3 heteroatoms. The van der Waals surface area contributed by atoms with Crippen molar-refractivity contribution in [3.8, 4) is 0 Å². The summed E-state index contributed by atoms with van der Waals surface area (Å²) in [6.45, 7) is 9.46. The quantitative estimate of drug-likeness (QED) is 0.818. The van der Waals surface area contributed by atoms with Crippen molar-refractivity contribution < 1.29 is 0 Å². The normalized spacial score (nSPS) is 24.3. The summed E-state index contributed by atoms with van der Waals surface area (Å²) in [5.74, 6) is 1.80. The molecule has 0 aliphatic heterocycles. The number of imidazole rings is 1. The smallest absolute Gasteiger partial charge is 0.107 e. The third-order valence-electron chi connectivity index (χ3n) is 4.87. The average Bonchev–Trinajstić information content (AvgIpc) is 2.63. The van der Waals surface area contributed by atoms with Crippen molar-refractivity contribution in [1.82, 2.24) is 15.3 Å². The maximum Gasteiger partial charge on any atom is 0.107 e. The molecule has 2 rings (SSSR count). The van der Waals surface area contributed by atoms with Gasteiger partial charge >= 0.3 is 0 Å². The molecular formula is C13H23N3. The third kappa shape index (κ3) is 1.58. The number of aromatic nitrogens is 2. The van der Waals surface area contributed by atoms with E-state index in [2.05, 4.69) is 50.0 Å². The summed E-state index contributed by atoms with van der Waals surface area (Å²) in [4.78, 5) is 7.50. The molecule has 0 bridgehead atoms. The van der Waals surface area contributed by atoms with Crippen molar-refractivity contribution >= 4 is 0 Å². The van der Waals surface area contributed by atoms with Gasteiger partial charge in [0.1, 0.15) is 5.82 Å². The van der Waals surface area contributed by atoms with Gasteiger partial charge in [-0.05, 0) is 23.8 Å². The Morgan fingerprint density at radius 2 is 2.00 bits per heavy atom. The maximum atomic E-state index is 4.31. The first-order chi connectivity index (χ1) is 7.41. The summed E-state index contributed by atoms with van der Waals surface area (Å²) >= 11 is 0. The minimum atomic E-state index is 0.424.